The van der Waals surface area contributed by atoms with E-state index in [1.54, 1.807) is 50.6 Å². The van der Waals surface area contributed by atoms with Gasteiger partial charge >= 0.3 is 0 Å². The van der Waals surface area contributed by atoms with Gasteiger partial charge < -0.3 is 9.64 Å². The van der Waals surface area contributed by atoms with Crippen molar-refractivity contribution >= 4 is 21.8 Å². The summed E-state index contributed by atoms with van der Waals surface area (Å²) in [6, 6.07) is 11.6. The molecule has 0 spiro atoms. The van der Waals surface area contributed by atoms with E-state index in [0.717, 1.165) is 0 Å². The first-order chi connectivity index (χ1) is 10.0. The first-order valence-electron chi connectivity index (χ1n) is 6.35. The first-order valence-corrected chi connectivity index (χ1v) is 7.14. The Bertz CT molecular complexity index is 660. The highest BCUT2D eigenvalue weighted by Gasteiger charge is 2.17. The topological polar surface area (TPSA) is 29.5 Å². The molecule has 0 heterocycles. The van der Waals surface area contributed by atoms with Gasteiger partial charge in [0.15, 0.2) is 0 Å². The summed E-state index contributed by atoms with van der Waals surface area (Å²) in [5.74, 6) is 0.0757. The van der Waals surface area contributed by atoms with Gasteiger partial charge in [-0.05, 0) is 40.2 Å². The normalized spacial score (nSPS) is 10.3. The molecular weight excluding hydrogens is 337 g/mol. The van der Waals surface area contributed by atoms with E-state index in [9.17, 15) is 9.18 Å². The molecule has 0 unspecified atom stereocenters. The quantitative estimate of drug-likeness (QED) is 0.836. The fourth-order valence-corrected chi connectivity index (χ4v) is 2.37. The number of carbonyl (C=O) groups is 1. The van der Waals surface area contributed by atoms with Crippen molar-refractivity contribution in [3.05, 3.63) is 63.9 Å². The summed E-state index contributed by atoms with van der Waals surface area (Å²) in [5, 5.41) is 0. The van der Waals surface area contributed by atoms with Crippen LogP contribution in [-0.4, -0.2) is 25.0 Å². The highest BCUT2D eigenvalue weighted by Crippen LogP contribution is 2.24. The van der Waals surface area contributed by atoms with Crippen LogP contribution in [0.2, 0.25) is 0 Å². The van der Waals surface area contributed by atoms with Crippen LogP contribution in [0.15, 0.2) is 46.9 Å². The van der Waals surface area contributed by atoms with Crippen LogP contribution >= 0.6 is 15.9 Å². The van der Waals surface area contributed by atoms with Gasteiger partial charge in [0.2, 0.25) is 0 Å². The molecule has 0 bridgehead atoms. The van der Waals surface area contributed by atoms with Gasteiger partial charge in [-0.3, -0.25) is 4.79 Å². The largest absolute Gasteiger partial charge is 0.497 e. The highest BCUT2D eigenvalue weighted by molar-refractivity contribution is 9.10. The fraction of sp³-hybridized carbons (Fsp3) is 0.188. The summed E-state index contributed by atoms with van der Waals surface area (Å²) in [5.41, 5.74) is 0.959. The number of halogens is 2. The zero-order valence-corrected chi connectivity index (χ0v) is 13.4. The second kappa shape index (κ2) is 6.72. The second-order valence-corrected chi connectivity index (χ2v) is 5.45. The molecule has 0 atom stereocenters. The molecule has 0 N–H and O–H groups in total. The minimum absolute atomic E-state index is 0.204. The number of hydrogen-bond acceptors (Lipinski definition) is 2. The molecule has 0 aliphatic carbocycles. The van der Waals surface area contributed by atoms with Gasteiger partial charge in [0.1, 0.15) is 11.6 Å². The third kappa shape index (κ3) is 3.61. The van der Waals surface area contributed by atoms with E-state index in [4.69, 9.17) is 4.74 Å². The number of nitrogens with zero attached hydrogens (tertiary/aromatic N) is 1. The molecule has 0 saturated carbocycles. The summed E-state index contributed by atoms with van der Waals surface area (Å²) < 4.78 is 19.4. The molecule has 0 radical (unpaired) electrons. The summed E-state index contributed by atoms with van der Waals surface area (Å²) in [4.78, 5) is 13.9. The molecule has 1 amide bonds. The smallest absolute Gasteiger partial charge is 0.255 e. The molecule has 110 valence electrons. The first kappa shape index (κ1) is 15.5. The maximum Gasteiger partial charge on any atom is 0.255 e. The van der Waals surface area contributed by atoms with Gasteiger partial charge in [-0.25, -0.2) is 4.39 Å². The Morgan fingerprint density at radius 1 is 1.29 bits per heavy atom. The number of benzene rings is 2. The molecule has 21 heavy (non-hydrogen) atoms. The highest BCUT2D eigenvalue weighted by atomic mass is 79.9. The number of hydrogen-bond donors (Lipinski definition) is 0. The van der Waals surface area contributed by atoms with Gasteiger partial charge in [-0.1, -0.05) is 18.2 Å². The fourth-order valence-electron chi connectivity index (χ4n) is 1.95. The van der Waals surface area contributed by atoms with Gasteiger partial charge in [0.25, 0.3) is 5.91 Å². The van der Waals surface area contributed by atoms with Gasteiger partial charge in [-0.15, -0.1) is 0 Å². The summed E-state index contributed by atoms with van der Waals surface area (Å²) in [7, 11) is 3.18. The standard InChI is InChI=1S/C16H15BrFNO2/c1-19(10-11-5-3-4-6-15(11)18)16(20)13-9-12(21-2)7-8-14(13)17/h3-9H,10H2,1-2H3. The van der Waals surface area contributed by atoms with Crippen LogP contribution in [0.1, 0.15) is 15.9 Å². The second-order valence-electron chi connectivity index (χ2n) is 4.60. The Morgan fingerprint density at radius 2 is 2.00 bits per heavy atom. The van der Waals surface area contributed by atoms with Crippen molar-refractivity contribution in [3.8, 4) is 5.75 Å². The van der Waals surface area contributed by atoms with E-state index in [1.807, 2.05) is 0 Å². The zero-order chi connectivity index (χ0) is 15.4. The van der Waals surface area contributed by atoms with Crippen molar-refractivity contribution in [2.75, 3.05) is 14.2 Å². The van der Waals surface area contributed by atoms with E-state index >= 15 is 0 Å². The van der Waals surface area contributed by atoms with Crippen molar-refractivity contribution in [1.82, 2.24) is 4.90 Å². The molecule has 2 aromatic carbocycles. The lowest BCUT2D eigenvalue weighted by Crippen LogP contribution is -2.27. The van der Waals surface area contributed by atoms with Crippen molar-refractivity contribution in [2.24, 2.45) is 0 Å². The van der Waals surface area contributed by atoms with E-state index in [2.05, 4.69) is 15.9 Å². The molecule has 2 aromatic rings. The monoisotopic (exact) mass is 351 g/mol. The maximum absolute atomic E-state index is 13.6. The minimum Gasteiger partial charge on any atom is -0.497 e. The lowest BCUT2D eigenvalue weighted by Gasteiger charge is -2.19. The molecule has 0 saturated heterocycles. The van der Waals surface area contributed by atoms with Crippen LogP contribution in [0.5, 0.6) is 5.75 Å². The van der Waals surface area contributed by atoms with E-state index in [0.29, 0.717) is 21.3 Å². The molecule has 0 aliphatic rings. The predicted octanol–water partition coefficient (Wildman–Crippen LogP) is 3.87. The van der Waals surface area contributed by atoms with Gasteiger partial charge in [0.05, 0.1) is 12.7 Å². The summed E-state index contributed by atoms with van der Waals surface area (Å²) >= 11 is 3.35. The van der Waals surface area contributed by atoms with Crippen molar-refractivity contribution in [2.45, 2.75) is 6.54 Å². The third-order valence-electron chi connectivity index (χ3n) is 3.12. The van der Waals surface area contributed by atoms with Crippen LogP contribution in [-0.2, 0) is 6.54 Å². The van der Waals surface area contributed by atoms with Crippen LogP contribution in [0, 0.1) is 5.82 Å². The number of rotatable bonds is 4. The number of methoxy groups -OCH3 is 1. The van der Waals surface area contributed by atoms with Crippen molar-refractivity contribution in [1.29, 1.82) is 0 Å². The Kier molecular flexibility index (Phi) is 4.96. The Labute approximate surface area is 131 Å². The minimum atomic E-state index is -0.318. The van der Waals surface area contributed by atoms with E-state index in [1.165, 1.54) is 11.0 Å². The van der Waals surface area contributed by atoms with Crippen LogP contribution < -0.4 is 4.74 Å². The predicted molar refractivity (Wildman–Crippen MR) is 82.9 cm³/mol. The van der Waals surface area contributed by atoms with Gasteiger partial charge in [-0.2, -0.15) is 0 Å². The molecule has 2 rings (SSSR count). The summed E-state index contributed by atoms with van der Waals surface area (Å²) in [6.45, 7) is 0.204. The van der Waals surface area contributed by atoms with E-state index < -0.39 is 0 Å². The van der Waals surface area contributed by atoms with Gasteiger partial charge in [0, 0.05) is 23.6 Å². The lowest BCUT2D eigenvalue weighted by molar-refractivity contribution is 0.0782. The molecular formula is C16H15BrFNO2. The van der Waals surface area contributed by atoms with Crippen LogP contribution in [0.25, 0.3) is 0 Å². The number of amides is 1. The van der Waals surface area contributed by atoms with Crippen LogP contribution in [0.3, 0.4) is 0 Å². The number of ether oxygens (including phenoxy) is 1. The Morgan fingerprint density at radius 3 is 2.67 bits per heavy atom. The lowest BCUT2D eigenvalue weighted by atomic mass is 10.1. The zero-order valence-electron chi connectivity index (χ0n) is 11.8. The molecule has 0 aliphatic heterocycles. The Balaban J connectivity index is 2.22. The average Bonchev–Trinajstić information content (AvgIpc) is 2.49. The maximum atomic E-state index is 13.6. The van der Waals surface area contributed by atoms with Crippen molar-refractivity contribution < 1.29 is 13.9 Å². The molecule has 3 nitrogen and oxygen atoms in total. The molecule has 0 aromatic heterocycles. The number of carbonyl (C=O) groups excluding carboxylic acids is 1. The molecule has 5 heteroatoms. The van der Waals surface area contributed by atoms with E-state index in [-0.39, 0.29) is 18.3 Å². The van der Waals surface area contributed by atoms with Crippen molar-refractivity contribution in [3.63, 3.8) is 0 Å². The molecule has 0 fully saturated rings. The third-order valence-corrected chi connectivity index (χ3v) is 3.81. The SMILES string of the molecule is COc1ccc(Br)c(C(=O)N(C)Cc2ccccc2F)c1. The Hall–Kier alpha value is -1.88. The average molecular weight is 352 g/mol. The summed E-state index contributed by atoms with van der Waals surface area (Å²) in [6.07, 6.45) is 0. The van der Waals surface area contributed by atoms with Crippen LogP contribution in [0.4, 0.5) is 4.39 Å².